The van der Waals surface area contributed by atoms with Crippen molar-refractivity contribution in [2.45, 2.75) is 44.7 Å². The van der Waals surface area contributed by atoms with Crippen molar-refractivity contribution in [2.24, 2.45) is 0 Å². The fraction of sp³-hybridized carbons (Fsp3) is 0.500. The van der Waals surface area contributed by atoms with Gasteiger partial charge in [-0.05, 0) is 45.9 Å². The van der Waals surface area contributed by atoms with Crippen LogP contribution in [0.1, 0.15) is 38.3 Å². The highest BCUT2D eigenvalue weighted by Gasteiger charge is 2.30. The Hall–Kier alpha value is -1.48. The van der Waals surface area contributed by atoms with E-state index >= 15 is 0 Å². The molecule has 2 atom stereocenters. The maximum Gasteiger partial charge on any atom is 0.0929 e. The topological polar surface area (TPSA) is 29.0 Å². The first kappa shape index (κ1) is 12.5. The van der Waals surface area contributed by atoms with E-state index in [1.54, 1.807) is 0 Å². The molecule has 1 aromatic heterocycles. The molecule has 0 radical (unpaired) electrons. The lowest BCUT2D eigenvalue weighted by Gasteiger charge is -2.40. The summed E-state index contributed by atoms with van der Waals surface area (Å²) in [6.45, 7) is 4.61. The zero-order valence-electron chi connectivity index (χ0n) is 11.9. The minimum Gasteiger partial charge on any atom is -0.301 e. The monoisotopic (exact) mass is 255 g/mol. The molecule has 0 spiro atoms. The van der Waals surface area contributed by atoms with Crippen LogP contribution in [0.5, 0.6) is 0 Å². The highest BCUT2D eigenvalue weighted by atomic mass is 15.2. The van der Waals surface area contributed by atoms with E-state index in [-0.39, 0.29) is 0 Å². The van der Waals surface area contributed by atoms with Crippen molar-refractivity contribution in [2.75, 3.05) is 7.05 Å². The van der Waals surface area contributed by atoms with Gasteiger partial charge in [0.15, 0.2) is 0 Å². The number of nitrogens with zero attached hydrogens (tertiary/aromatic N) is 3. The molecule has 0 aliphatic carbocycles. The normalized spacial score (nSPS) is 28.7. The smallest absolute Gasteiger partial charge is 0.0929 e. The van der Waals surface area contributed by atoms with Gasteiger partial charge in [0.05, 0.1) is 11.2 Å². The molecule has 0 bridgehead atoms. The van der Waals surface area contributed by atoms with Crippen LogP contribution >= 0.6 is 0 Å². The first-order valence-electron chi connectivity index (χ1n) is 7.09. The van der Waals surface area contributed by atoms with E-state index in [2.05, 4.69) is 54.2 Å². The summed E-state index contributed by atoms with van der Waals surface area (Å²) in [4.78, 5) is 2.46. The molecule has 2 aromatic rings. The standard InChI is InChI=1S/C16H21N3/c1-11-8-14(9-12(2)19(11)3)16-10-13-6-4-5-7-15(13)17-18-16/h4-7,10-12,14H,8-9H2,1-3H3. The molecule has 2 unspecified atom stereocenters. The van der Waals surface area contributed by atoms with E-state index in [1.807, 2.05) is 12.1 Å². The van der Waals surface area contributed by atoms with Gasteiger partial charge in [0.2, 0.25) is 0 Å². The lowest BCUT2D eigenvalue weighted by atomic mass is 9.85. The zero-order chi connectivity index (χ0) is 13.4. The Kier molecular flexibility index (Phi) is 3.23. The van der Waals surface area contributed by atoms with Crippen LogP contribution in [0.3, 0.4) is 0 Å². The first-order chi connectivity index (χ1) is 9.15. The van der Waals surface area contributed by atoms with Crippen molar-refractivity contribution in [3.05, 3.63) is 36.0 Å². The van der Waals surface area contributed by atoms with E-state index in [1.165, 1.54) is 18.2 Å². The quantitative estimate of drug-likeness (QED) is 0.783. The lowest BCUT2D eigenvalue weighted by molar-refractivity contribution is 0.121. The van der Waals surface area contributed by atoms with Gasteiger partial charge in [-0.15, -0.1) is 0 Å². The maximum absolute atomic E-state index is 4.46. The molecule has 1 aromatic carbocycles. The molecule has 3 rings (SSSR count). The van der Waals surface area contributed by atoms with Crippen molar-refractivity contribution in [1.29, 1.82) is 0 Å². The highest BCUT2D eigenvalue weighted by molar-refractivity contribution is 5.78. The molecule has 1 aliphatic rings. The summed E-state index contributed by atoms with van der Waals surface area (Å²) in [5.41, 5.74) is 2.14. The van der Waals surface area contributed by atoms with Crippen molar-refractivity contribution in [1.82, 2.24) is 15.1 Å². The summed E-state index contributed by atoms with van der Waals surface area (Å²) >= 11 is 0. The molecule has 3 nitrogen and oxygen atoms in total. The van der Waals surface area contributed by atoms with Crippen molar-refractivity contribution in [3.8, 4) is 0 Å². The summed E-state index contributed by atoms with van der Waals surface area (Å²) in [6, 6.07) is 11.7. The number of piperidine rings is 1. The fourth-order valence-electron chi connectivity index (χ4n) is 3.13. The van der Waals surface area contributed by atoms with Crippen LogP contribution in [0.25, 0.3) is 10.9 Å². The second-order valence-electron chi connectivity index (χ2n) is 5.86. The van der Waals surface area contributed by atoms with Crippen molar-refractivity contribution < 1.29 is 0 Å². The van der Waals surface area contributed by atoms with Crippen LogP contribution in [0, 0.1) is 0 Å². The molecular weight excluding hydrogens is 234 g/mol. The minimum atomic E-state index is 0.540. The maximum atomic E-state index is 4.46. The zero-order valence-corrected chi connectivity index (χ0v) is 11.9. The van der Waals surface area contributed by atoms with E-state index in [4.69, 9.17) is 0 Å². The molecule has 100 valence electrons. The number of likely N-dealkylation sites (tertiary alicyclic amines) is 1. The number of rotatable bonds is 1. The summed E-state index contributed by atoms with van der Waals surface area (Å²) in [5, 5.41) is 10.0. The van der Waals surface area contributed by atoms with Gasteiger partial charge >= 0.3 is 0 Å². The second-order valence-corrected chi connectivity index (χ2v) is 5.86. The van der Waals surface area contributed by atoms with Gasteiger partial charge < -0.3 is 4.90 Å². The summed E-state index contributed by atoms with van der Waals surface area (Å²) < 4.78 is 0. The lowest BCUT2D eigenvalue weighted by Crippen LogP contribution is -2.43. The molecule has 3 heteroatoms. The Labute approximate surface area is 114 Å². The number of aromatic nitrogens is 2. The Morgan fingerprint density at radius 1 is 1.05 bits per heavy atom. The predicted octanol–water partition coefficient (Wildman–Crippen LogP) is 3.22. The number of hydrogen-bond acceptors (Lipinski definition) is 3. The van der Waals surface area contributed by atoms with Gasteiger partial charge in [-0.25, -0.2) is 0 Å². The van der Waals surface area contributed by atoms with Crippen LogP contribution in [0.4, 0.5) is 0 Å². The third kappa shape index (κ3) is 2.35. The molecule has 0 saturated carbocycles. The summed E-state index contributed by atoms with van der Waals surface area (Å²) in [5.74, 6) is 0.540. The largest absolute Gasteiger partial charge is 0.301 e. The molecule has 0 N–H and O–H groups in total. The molecule has 1 saturated heterocycles. The minimum absolute atomic E-state index is 0.540. The molecule has 1 aliphatic heterocycles. The van der Waals surface area contributed by atoms with Crippen molar-refractivity contribution >= 4 is 10.9 Å². The van der Waals surface area contributed by atoms with Gasteiger partial charge in [-0.3, -0.25) is 0 Å². The van der Waals surface area contributed by atoms with E-state index in [9.17, 15) is 0 Å². The Balaban J connectivity index is 1.91. The first-order valence-corrected chi connectivity index (χ1v) is 7.09. The SMILES string of the molecule is CC1CC(c2cc3ccccc3nn2)CC(C)N1C. The molecular formula is C16H21N3. The molecule has 0 amide bonds. The van der Waals surface area contributed by atoms with Gasteiger partial charge in [-0.2, -0.15) is 10.2 Å². The van der Waals surface area contributed by atoms with E-state index in [0.29, 0.717) is 18.0 Å². The van der Waals surface area contributed by atoms with E-state index in [0.717, 1.165) is 11.2 Å². The van der Waals surface area contributed by atoms with E-state index < -0.39 is 0 Å². The van der Waals surface area contributed by atoms with Gasteiger partial charge in [0.25, 0.3) is 0 Å². The number of benzene rings is 1. The Morgan fingerprint density at radius 2 is 1.74 bits per heavy atom. The van der Waals surface area contributed by atoms with Gasteiger partial charge in [-0.1, -0.05) is 18.2 Å². The molecule has 2 heterocycles. The van der Waals surface area contributed by atoms with Crippen LogP contribution in [-0.4, -0.2) is 34.2 Å². The summed E-state index contributed by atoms with van der Waals surface area (Å²) in [6.07, 6.45) is 2.35. The fourth-order valence-corrected chi connectivity index (χ4v) is 3.13. The average molecular weight is 255 g/mol. The van der Waals surface area contributed by atoms with Gasteiger partial charge in [0, 0.05) is 23.4 Å². The molecule has 1 fully saturated rings. The predicted molar refractivity (Wildman–Crippen MR) is 78.2 cm³/mol. The van der Waals surface area contributed by atoms with Gasteiger partial charge in [0.1, 0.15) is 0 Å². The second kappa shape index (κ2) is 4.89. The van der Waals surface area contributed by atoms with Crippen LogP contribution in [0.15, 0.2) is 30.3 Å². The Morgan fingerprint density at radius 3 is 2.47 bits per heavy atom. The number of hydrogen-bond donors (Lipinski definition) is 0. The third-order valence-electron chi connectivity index (χ3n) is 4.57. The highest BCUT2D eigenvalue weighted by Crippen LogP contribution is 2.33. The molecule has 19 heavy (non-hydrogen) atoms. The summed E-state index contributed by atoms with van der Waals surface area (Å²) in [7, 11) is 2.22. The van der Waals surface area contributed by atoms with Crippen LogP contribution in [0.2, 0.25) is 0 Å². The Bertz CT molecular complexity index is 569. The van der Waals surface area contributed by atoms with Crippen molar-refractivity contribution in [3.63, 3.8) is 0 Å². The van der Waals surface area contributed by atoms with Crippen LogP contribution in [-0.2, 0) is 0 Å². The third-order valence-corrected chi connectivity index (χ3v) is 4.57. The number of fused-ring (bicyclic) bond motifs is 1. The average Bonchev–Trinajstić information content (AvgIpc) is 2.43. The van der Waals surface area contributed by atoms with Crippen LogP contribution < -0.4 is 0 Å².